The number of hydrogen-bond acceptors (Lipinski definition) is 10. The lowest BCUT2D eigenvalue weighted by Crippen LogP contribution is -2.46. The molecule has 4 aromatic rings. The number of ether oxygens (including phenoxy) is 2. The van der Waals surface area contributed by atoms with Crippen molar-refractivity contribution in [1.29, 1.82) is 5.26 Å². The molecule has 0 atom stereocenters. The van der Waals surface area contributed by atoms with Crippen LogP contribution in [0, 0.1) is 35.3 Å². The number of nitro benzene ring substituents is 1. The van der Waals surface area contributed by atoms with Crippen LogP contribution in [0.4, 0.5) is 11.6 Å². The Kier molecular flexibility index (Phi) is 9.12. The molecule has 0 N–H and O–H groups in total. The van der Waals surface area contributed by atoms with Gasteiger partial charge in [0.2, 0.25) is 11.8 Å². The van der Waals surface area contributed by atoms with Crippen molar-refractivity contribution in [3.63, 3.8) is 0 Å². The lowest BCUT2D eigenvalue weighted by atomic mass is 9.99. The molecule has 0 radical (unpaired) electrons. The summed E-state index contributed by atoms with van der Waals surface area (Å²) >= 11 is 0. The highest BCUT2D eigenvalue weighted by molar-refractivity contribution is 5.91. The zero-order valence-electron chi connectivity index (χ0n) is 24.8. The fourth-order valence-corrected chi connectivity index (χ4v) is 5.22. The van der Waals surface area contributed by atoms with Crippen LogP contribution in [0.3, 0.4) is 0 Å². The summed E-state index contributed by atoms with van der Waals surface area (Å²) < 4.78 is 11.6. The van der Waals surface area contributed by atoms with E-state index in [-0.39, 0.29) is 28.7 Å². The molecule has 1 aliphatic rings. The molecule has 11 nitrogen and oxygen atoms in total. The summed E-state index contributed by atoms with van der Waals surface area (Å²) in [5.74, 6) is 0.524. The number of esters is 1. The molecule has 0 aliphatic carbocycles. The molecule has 224 valence electrons. The minimum absolute atomic E-state index is 0.105. The van der Waals surface area contributed by atoms with Gasteiger partial charge in [0.25, 0.3) is 5.69 Å². The van der Waals surface area contributed by atoms with Crippen LogP contribution in [-0.2, 0) is 11.3 Å². The first kappa shape index (κ1) is 30.1. The van der Waals surface area contributed by atoms with Crippen LogP contribution >= 0.6 is 0 Å². The van der Waals surface area contributed by atoms with E-state index in [0.29, 0.717) is 55.5 Å². The Hall–Kier alpha value is -5.34. The SMILES string of the molecule is CCOC(=O)c1cnc(N2CCN(Cc3ccccc3[N+](=O)[O-])CC2)nc1Oc1c(C)cc(-c2ccc(C#N)cc2)cc1C. The quantitative estimate of drug-likeness (QED) is 0.133. The van der Waals surface area contributed by atoms with Crippen molar-refractivity contribution < 1.29 is 19.2 Å². The average Bonchev–Trinajstić information content (AvgIpc) is 3.03. The molecule has 0 bridgehead atoms. The van der Waals surface area contributed by atoms with E-state index in [0.717, 1.165) is 22.3 Å². The molecule has 1 aromatic heterocycles. The third kappa shape index (κ3) is 6.66. The number of carbonyl (C=O) groups is 1. The fraction of sp³-hybridized carbons (Fsp3) is 0.273. The summed E-state index contributed by atoms with van der Waals surface area (Å²) in [5, 5.41) is 20.6. The molecule has 0 saturated carbocycles. The van der Waals surface area contributed by atoms with Crippen molar-refractivity contribution in [3.8, 4) is 28.8 Å². The van der Waals surface area contributed by atoms with Gasteiger partial charge in [0.05, 0.1) is 29.4 Å². The predicted octanol–water partition coefficient (Wildman–Crippen LogP) is 5.83. The van der Waals surface area contributed by atoms with Crippen molar-refractivity contribution in [2.45, 2.75) is 27.3 Å². The van der Waals surface area contributed by atoms with Crippen molar-refractivity contribution >= 4 is 17.6 Å². The molecule has 1 aliphatic heterocycles. The van der Waals surface area contributed by atoms with E-state index in [2.05, 4.69) is 20.9 Å². The standard InChI is InChI=1S/C33H32N6O5/c1-4-43-32(40)28-20-35-33(38-15-13-37(14-16-38)21-26-7-5-6-8-29(26)39(41)42)36-31(28)44-30-22(2)17-27(18-23(30)3)25-11-9-24(19-34)10-12-25/h5-12,17-18,20H,4,13-16,21H2,1-3H3. The lowest BCUT2D eigenvalue weighted by Gasteiger charge is -2.34. The topological polar surface area (TPSA) is 135 Å². The van der Waals surface area contributed by atoms with Gasteiger partial charge in [-0.05, 0) is 67.3 Å². The van der Waals surface area contributed by atoms with E-state index in [4.69, 9.17) is 14.7 Å². The van der Waals surface area contributed by atoms with Crippen LogP contribution in [-0.4, -0.2) is 58.5 Å². The molecule has 0 spiro atoms. The van der Waals surface area contributed by atoms with Gasteiger partial charge in [-0.25, -0.2) is 9.78 Å². The van der Waals surface area contributed by atoms with E-state index in [9.17, 15) is 14.9 Å². The largest absolute Gasteiger partial charge is 0.462 e. The molecule has 0 unspecified atom stereocenters. The summed E-state index contributed by atoms with van der Waals surface area (Å²) in [4.78, 5) is 37.2. The van der Waals surface area contributed by atoms with Gasteiger partial charge in [0.15, 0.2) is 0 Å². The van der Waals surface area contributed by atoms with E-state index >= 15 is 0 Å². The third-order valence-corrected chi connectivity index (χ3v) is 7.48. The Morgan fingerprint density at radius 3 is 2.34 bits per heavy atom. The fourth-order valence-electron chi connectivity index (χ4n) is 5.22. The highest BCUT2D eigenvalue weighted by Crippen LogP contribution is 2.35. The van der Waals surface area contributed by atoms with Gasteiger partial charge in [-0.3, -0.25) is 15.0 Å². The average molecular weight is 593 g/mol. The van der Waals surface area contributed by atoms with Crippen LogP contribution in [0.25, 0.3) is 11.1 Å². The lowest BCUT2D eigenvalue weighted by molar-refractivity contribution is -0.385. The Morgan fingerprint density at radius 2 is 1.70 bits per heavy atom. The minimum atomic E-state index is -0.576. The van der Waals surface area contributed by atoms with E-state index in [1.165, 1.54) is 12.3 Å². The summed E-state index contributed by atoms with van der Waals surface area (Å²) in [5.41, 5.74) is 5.16. The minimum Gasteiger partial charge on any atom is -0.462 e. The number of para-hydroxylation sites is 1. The van der Waals surface area contributed by atoms with Crippen LogP contribution in [0.5, 0.6) is 11.6 Å². The predicted molar refractivity (Wildman–Crippen MR) is 165 cm³/mol. The first-order valence-corrected chi connectivity index (χ1v) is 14.3. The molecule has 1 saturated heterocycles. The Morgan fingerprint density at radius 1 is 1.02 bits per heavy atom. The number of aromatic nitrogens is 2. The zero-order chi connectivity index (χ0) is 31.2. The number of anilines is 1. The van der Waals surface area contributed by atoms with Gasteiger partial charge in [-0.2, -0.15) is 10.2 Å². The van der Waals surface area contributed by atoms with Crippen molar-refractivity contribution in [2.75, 3.05) is 37.7 Å². The van der Waals surface area contributed by atoms with Gasteiger partial charge in [0.1, 0.15) is 11.3 Å². The number of hydrogen-bond donors (Lipinski definition) is 0. The Labute approximate surface area is 255 Å². The molecule has 44 heavy (non-hydrogen) atoms. The van der Waals surface area contributed by atoms with Gasteiger partial charge < -0.3 is 14.4 Å². The summed E-state index contributed by atoms with van der Waals surface area (Å²) in [6.07, 6.45) is 1.44. The molecule has 1 fully saturated rings. The van der Waals surface area contributed by atoms with Crippen LogP contribution in [0.15, 0.2) is 66.9 Å². The van der Waals surface area contributed by atoms with Crippen LogP contribution in [0.1, 0.15) is 39.5 Å². The van der Waals surface area contributed by atoms with Crippen molar-refractivity contribution in [3.05, 3.63) is 105 Å². The first-order valence-electron chi connectivity index (χ1n) is 14.3. The molecular weight excluding hydrogens is 560 g/mol. The highest BCUT2D eigenvalue weighted by atomic mass is 16.6. The highest BCUT2D eigenvalue weighted by Gasteiger charge is 2.25. The molecule has 5 rings (SSSR count). The normalized spacial score (nSPS) is 13.3. The van der Waals surface area contributed by atoms with Gasteiger partial charge in [0, 0.05) is 44.4 Å². The number of nitriles is 1. The maximum atomic E-state index is 12.8. The number of piperazine rings is 1. The maximum absolute atomic E-state index is 12.8. The van der Waals surface area contributed by atoms with E-state index in [1.807, 2.05) is 49.1 Å². The van der Waals surface area contributed by atoms with Crippen molar-refractivity contribution in [1.82, 2.24) is 14.9 Å². The zero-order valence-corrected chi connectivity index (χ0v) is 24.8. The van der Waals surface area contributed by atoms with Gasteiger partial charge in [-0.1, -0.05) is 30.3 Å². The number of aryl methyl sites for hydroxylation is 2. The second-order valence-corrected chi connectivity index (χ2v) is 10.5. The number of nitro groups is 1. The van der Waals surface area contributed by atoms with Gasteiger partial charge >= 0.3 is 5.97 Å². The summed E-state index contributed by atoms with van der Waals surface area (Å²) in [7, 11) is 0. The summed E-state index contributed by atoms with van der Waals surface area (Å²) in [6, 6.07) is 20.3. The molecule has 3 aromatic carbocycles. The second-order valence-electron chi connectivity index (χ2n) is 10.5. The molecule has 0 amide bonds. The third-order valence-electron chi connectivity index (χ3n) is 7.48. The Bertz CT molecular complexity index is 1700. The van der Waals surface area contributed by atoms with E-state index in [1.54, 1.807) is 31.2 Å². The van der Waals surface area contributed by atoms with Crippen LogP contribution < -0.4 is 9.64 Å². The molecule has 11 heteroatoms. The monoisotopic (exact) mass is 592 g/mol. The van der Waals surface area contributed by atoms with E-state index < -0.39 is 5.97 Å². The maximum Gasteiger partial charge on any atom is 0.345 e. The van der Waals surface area contributed by atoms with Crippen molar-refractivity contribution in [2.24, 2.45) is 0 Å². The van der Waals surface area contributed by atoms with Crippen LogP contribution in [0.2, 0.25) is 0 Å². The number of nitrogens with zero attached hydrogens (tertiary/aromatic N) is 6. The number of rotatable bonds is 9. The second kappa shape index (κ2) is 13.3. The van der Waals surface area contributed by atoms with Gasteiger partial charge in [-0.15, -0.1) is 0 Å². The summed E-state index contributed by atoms with van der Waals surface area (Å²) in [6.45, 7) is 8.74. The Balaban J connectivity index is 1.37. The number of carbonyl (C=O) groups excluding carboxylic acids is 1. The molecular formula is C33H32N6O5. The smallest absolute Gasteiger partial charge is 0.345 e. The number of benzene rings is 3. The first-order chi connectivity index (χ1) is 21.3. The molecule has 2 heterocycles.